The van der Waals surface area contributed by atoms with Crippen molar-refractivity contribution in [3.8, 4) is 5.75 Å². The van der Waals surface area contributed by atoms with Crippen LogP contribution in [0.3, 0.4) is 0 Å². The molecule has 8 nitrogen and oxygen atoms in total. The monoisotopic (exact) mass is 379 g/mol. The van der Waals surface area contributed by atoms with Crippen LogP contribution in [0.1, 0.15) is 22.7 Å². The number of rotatable bonds is 4. The molecule has 1 amide bonds. The molecule has 0 unspecified atom stereocenters. The normalized spacial score (nSPS) is 16.3. The second-order valence-electron chi connectivity index (χ2n) is 6.05. The maximum absolute atomic E-state index is 12.8. The Morgan fingerprint density at radius 1 is 1.15 bits per heavy atom. The summed E-state index contributed by atoms with van der Waals surface area (Å²) in [4.78, 5) is 14.3. The first-order chi connectivity index (χ1) is 12.4. The standard InChI is InChI=1S/C17H21N3O5S/c1-13-12-16(18-25-13)17(21)19-8-3-9-20(11-10-19)26(22,23)15-6-4-14(24-2)5-7-15/h4-7,12H,3,8-11H2,1-2H3. The molecule has 0 saturated carbocycles. The van der Waals surface area contributed by atoms with E-state index in [1.165, 1.54) is 23.5 Å². The van der Waals surface area contributed by atoms with E-state index in [1.807, 2.05) is 0 Å². The van der Waals surface area contributed by atoms with Gasteiger partial charge in [-0.3, -0.25) is 4.79 Å². The lowest BCUT2D eigenvalue weighted by atomic mass is 10.3. The zero-order chi connectivity index (χ0) is 18.7. The van der Waals surface area contributed by atoms with Crippen LogP contribution in [0.25, 0.3) is 0 Å². The Labute approximate surface area is 152 Å². The first-order valence-corrected chi connectivity index (χ1v) is 9.72. The Morgan fingerprint density at radius 2 is 1.88 bits per heavy atom. The summed E-state index contributed by atoms with van der Waals surface area (Å²) < 4.78 is 37.1. The summed E-state index contributed by atoms with van der Waals surface area (Å²) in [5.41, 5.74) is 0.244. The number of aromatic nitrogens is 1. The second kappa shape index (κ2) is 7.46. The van der Waals surface area contributed by atoms with Crippen molar-refractivity contribution in [1.29, 1.82) is 0 Å². The largest absolute Gasteiger partial charge is 0.497 e. The van der Waals surface area contributed by atoms with Gasteiger partial charge >= 0.3 is 0 Å². The lowest BCUT2D eigenvalue weighted by molar-refractivity contribution is 0.0754. The van der Waals surface area contributed by atoms with E-state index >= 15 is 0 Å². The number of methoxy groups -OCH3 is 1. The predicted molar refractivity (Wildman–Crippen MR) is 93.5 cm³/mol. The molecule has 3 rings (SSSR count). The third-order valence-electron chi connectivity index (χ3n) is 4.29. The molecular weight excluding hydrogens is 358 g/mol. The van der Waals surface area contributed by atoms with Crippen LogP contribution in [0.4, 0.5) is 0 Å². The summed E-state index contributed by atoms with van der Waals surface area (Å²) in [7, 11) is -2.09. The van der Waals surface area contributed by atoms with E-state index < -0.39 is 10.0 Å². The Hall–Kier alpha value is -2.39. The minimum atomic E-state index is -3.61. The Bertz CT molecular complexity index is 876. The molecule has 1 fully saturated rings. The number of amides is 1. The highest BCUT2D eigenvalue weighted by molar-refractivity contribution is 7.89. The Balaban J connectivity index is 1.72. The van der Waals surface area contributed by atoms with E-state index in [0.29, 0.717) is 37.6 Å². The van der Waals surface area contributed by atoms with Crippen molar-refractivity contribution in [2.75, 3.05) is 33.3 Å². The number of benzene rings is 1. The minimum absolute atomic E-state index is 0.213. The van der Waals surface area contributed by atoms with E-state index in [-0.39, 0.29) is 23.0 Å². The first-order valence-electron chi connectivity index (χ1n) is 8.28. The maximum Gasteiger partial charge on any atom is 0.276 e. The average molecular weight is 379 g/mol. The van der Waals surface area contributed by atoms with Crippen molar-refractivity contribution < 1.29 is 22.5 Å². The van der Waals surface area contributed by atoms with E-state index in [2.05, 4.69) is 5.16 Å². The first kappa shape index (κ1) is 18.4. The molecule has 1 saturated heterocycles. The Kier molecular flexibility index (Phi) is 5.28. The number of aryl methyl sites for hydroxylation is 1. The number of ether oxygens (including phenoxy) is 1. The van der Waals surface area contributed by atoms with E-state index in [4.69, 9.17) is 9.26 Å². The minimum Gasteiger partial charge on any atom is -0.497 e. The van der Waals surface area contributed by atoms with Gasteiger partial charge < -0.3 is 14.2 Å². The number of carbonyl (C=O) groups is 1. The van der Waals surface area contributed by atoms with Crippen LogP contribution in [0, 0.1) is 6.92 Å². The molecule has 2 heterocycles. The highest BCUT2D eigenvalue weighted by Gasteiger charge is 2.29. The highest BCUT2D eigenvalue weighted by Crippen LogP contribution is 2.21. The summed E-state index contributed by atoms with van der Waals surface area (Å²) in [6.45, 7) is 3.09. The molecule has 0 N–H and O–H groups in total. The van der Waals surface area contributed by atoms with Gasteiger partial charge in [0.05, 0.1) is 12.0 Å². The van der Waals surface area contributed by atoms with Gasteiger partial charge in [-0.2, -0.15) is 4.31 Å². The van der Waals surface area contributed by atoms with E-state index in [9.17, 15) is 13.2 Å². The van der Waals surface area contributed by atoms with Crippen molar-refractivity contribution in [1.82, 2.24) is 14.4 Å². The van der Waals surface area contributed by atoms with Gasteiger partial charge in [0.15, 0.2) is 5.69 Å². The molecule has 1 aliphatic rings. The van der Waals surface area contributed by atoms with E-state index in [1.54, 1.807) is 30.0 Å². The molecular formula is C17H21N3O5S. The topological polar surface area (TPSA) is 93.0 Å². The zero-order valence-electron chi connectivity index (χ0n) is 14.7. The summed E-state index contributed by atoms with van der Waals surface area (Å²) in [6.07, 6.45) is 0.554. The second-order valence-corrected chi connectivity index (χ2v) is 7.99. The van der Waals surface area contributed by atoms with Crippen molar-refractivity contribution in [2.45, 2.75) is 18.2 Å². The average Bonchev–Trinajstić information content (AvgIpc) is 2.92. The maximum atomic E-state index is 12.8. The molecule has 1 aromatic carbocycles. The quantitative estimate of drug-likeness (QED) is 0.800. The number of sulfonamides is 1. The van der Waals surface area contributed by atoms with Crippen LogP contribution in [0.5, 0.6) is 5.75 Å². The molecule has 1 aromatic heterocycles. The molecule has 0 aliphatic carbocycles. The molecule has 140 valence electrons. The van der Waals surface area contributed by atoms with Gasteiger partial charge in [-0.1, -0.05) is 5.16 Å². The number of hydrogen-bond acceptors (Lipinski definition) is 6. The molecule has 0 radical (unpaired) electrons. The Morgan fingerprint density at radius 3 is 2.50 bits per heavy atom. The predicted octanol–water partition coefficient (Wildman–Crippen LogP) is 1.53. The molecule has 0 atom stereocenters. The third kappa shape index (κ3) is 3.73. The van der Waals surface area contributed by atoms with Gasteiger partial charge in [0.25, 0.3) is 5.91 Å². The molecule has 9 heteroatoms. The number of carbonyl (C=O) groups excluding carboxylic acids is 1. The van der Waals surface area contributed by atoms with E-state index in [0.717, 1.165) is 0 Å². The lowest BCUT2D eigenvalue weighted by Gasteiger charge is -2.21. The lowest BCUT2D eigenvalue weighted by Crippen LogP contribution is -2.37. The van der Waals surface area contributed by atoms with Crippen LogP contribution in [-0.4, -0.2) is 62.0 Å². The molecule has 0 spiro atoms. The van der Waals surface area contributed by atoms with Crippen LogP contribution in [-0.2, 0) is 10.0 Å². The van der Waals surface area contributed by atoms with Gasteiger partial charge in [-0.05, 0) is 37.6 Å². The molecule has 0 bridgehead atoms. The zero-order valence-corrected chi connectivity index (χ0v) is 15.5. The van der Waals surface area contributed by atoms with Gasteiger partial charge in [0.2, 0.25) is 10.0 Å². The van der Waals surface area contributed by atoms with Gasteiger partial charge in [0.1, 0.15) is 11.5 Å². The number of hydrogen-bond donors (Lipinski definition) is 0. The van der Waals surface area contributed by atoms with Crippen LogP contribution >= 0.6 is 0 Å². The van der Waals surface area contributed by atoms with Crippen molar-refractivity contribution in [3.63, 3.8) is 0 Å². The third-order valence-corrected chi connectivity index (χ3v) is 6.20. The van der Waals surface area contributed by atoms with Crippen molar-refractivity contribution >= 4 is 15.9 Å². The van der Waals surface area contributed by atoms with Gasteiger partial charge in [-0.15, -0.1) is 0 Å². The van der Waals surface area contributed by atoms with Crippen LogP contribution in [0.2, 0.25) is 0 Å². The smallest absolute Gasteiger partial charge is 0.276 e. The summed E-state index contributed by atoms with van der Waals surface area (Å²) >= 11 is 0. The SMILES string of the molecule is COc1ccc(S(=O)(=O)N2CCCN(C(=O)c3cc(C)on3)CC2)cc1. The fraction of sp³-hybridized carbons (Fsp3) is 0.412. The van der Waals surface area contributed by atoms with Gasteiger partial charge in [0, 0.05) is 32.2 Å². The molecule has 26 heavy (non-hydrogen) atoms. The van der Waals surface area contributed by atoms with Gasteiger partial charge in [-0.25, -0.2) is 8.42 Å². The number of nitrogens with zero attached hydrogens (tertiary/aromatic N) is 3. The molecule has 1 aliphatic heterocycles. The van der Waals surface area contributed by atoms with Crippen LogP contribution in [0.15, 0.2) is 39.8 Å². The summed E-state index contributed by atoms with van der Waals surface area (Å²) in [5.74, 6) is 0.914. The van der Waals surface area contributed by atoms with Crippen LogP contribution < -0.4 is 4.74 Å². The molecule has 2 aromatic rings. The fourth-order valence-electron chi connectivity index (χ4n) is 2.86. The highest BCUT2D eigenvalue weighted by atomic mass is 32.2. The summed E-state index contributed by atoms with van der Waals surface area (Å²) in [5, 5.41) is 3.74. The summed E-state index contributed by atoms with van der Waals surface area (Å²) in [6, 6.07) is 7.88. The van der Waals surface area contributed by atoms with Crippen molar-refractivity contribution in [2.24, 2.45) is 0 Å². The fourth-order valence-corrected chi connectivity index (χ4v) is 4.33. The van der Waals surface area contributed by atoms with Crippen molar-refractivity contribution in [3.05, 3.63) is 41.8 Å².